The number of nitrogens with zero attached hydrogens (tertiary/aromatic N) is 2. The van der Waals surface area contributed by atoms with Crippen molar-refractivity contribution in [3.8, 4) is 0 Å². The summed E-state index contributed by atoms with van der Waals surface area (Å²) in [5.41, 5.74) is 0.856. The van der Waals surface area contributed by atoms with Gasteiger partial charge in [-0.3, -0.25) is 14.3 Å². The molecule has 1 aromatic heterocycles. The first-order chi connectivity index (χ1) is 11.5. The van der Waals surface area contributed by atoms with Crippen LogP contribution in [0.25, 0.3) is 0 Å². The fourth-order valence-corrected chi connectivity index (χ4v) is 3.53. The van der Waals surface area contributed by atoms with Gasteiger partial charge in [0.05, 0.1) is 5.56 Å². The lowest BCUT2D eigenvalue weighted by Gasteiger charge is -2.03. The largest absolute Gasteiger partial charge is 0.478 e. The van der Waals surface area contributed by atoms with Gasteiger partial charge in [0, 0.05) is 23.7 Å². The predicted molar refractivity (Wildman–Crippen MR) is 89.4 cm³/mol. The van der Waals surface area contributed by atoms with Crippen molar-refractivity contribution in [2.75, 3.05) is 18.2 Å². The predicted octanol–water partition coefficient (Wildman–Crippen LogP) is 1.27. The van der Waals surface area contributed by atoms with Crippen molar-refractivity contribution in [2.45, 2.75) is 12.4 Å². The minimum Gasteiger partial charge on any atom is -0.478 e. The molecule has 0 aliphatic carbocycles. The molecular weight excluding hydrogens is 354 g/mol. The maximum Gasteiger partial charge on any atom is 0.335 e. The lowest BCUT2D eigenvalue weighted by Crippen LogP contribution is -2.20. The van der Waals surface area contributed by atoms with Crippen molar-refractivity contribution < 1.29 is 23.6 Å². The van der Waals surface area contributed by atoms with Crippen LogP contribution in [0.2, 0.25) is 0 Å². The van der Waals surface area contributed by atoms with Gasteiger partial charge in [0.1, 0.15) is 17.4 Å². The normalized spacial score (nSPS) is 11.9. The Bertz CT molecular complexity index is 745. The number of carbonyl (C=O) groups excluding carboxylic acids is 1. The lowest BCUT2D eigenvalue weighted by molar-refractivity contribution is -0.113. The van der Waals surface area contributed by atoms with E-state index in [9.17, 15) is 13.8 Å². The lowest BCUT2D eigenvalue weighted by atomic mass is 10.1. The van der Waals surface area contributed by atoms with Gasteiger partial charge < -0.3 is 9.84 Å². The molecule has 0 bridgehead atoms. The van der Waals surface area contributed by atoms with Crippen LogP contribution in [0.5, 0.6) is 0 Å². The number of aromatic carboxylic acids is 1. The van der Waals surface area contributed by atoms with Crippen molar-refractivity contribution in [1.29, 1.82) is 0 Å². The molecular formula is C14H15N3O5S2. The highest BCUT2D eigenvalue weighted by Gasteiger charge is 2.12. The maximum absolute atomic E-state index is 12.0. The smallest absolute Gasteiger partial charge is 0.335 e. The second-order valence-electron chi connectivity index (χ2n) is 4.71. The summed E-state index contributed by atoms with van der Waals surface area (Å²) < 4.78 is 16.9. The van der Waals surface area contributed by atoms with Crippen LogP contribution in [0, 0.1) is 0 Å². The molecule has 0 radical (unpaired) electrons. The zero-order valence-electron chi connectivity index (χ0n) is 12.7. The Morgan fingerprint density at radius 3 is 2.62 bits per heavy atom. The van der Waals surface area contributed by atoms with E-state index >= 15 is 0 Å². The highest BCUT2D eigenvalue weighted by molar-refractivity contribution is 7.84. The third-order valence-electron chi connectivity index (χ3n) is 2.80. The summed E-state index contributed by atoms with van der Waals surface area (Å²) in [6.45, 7) is 0.311. The fourth-order valence-electron chi connectivity index (χ4n) is 1.77. The molecule has 0 aliphatic heterocycles. The first-order valence-corrected chi connectivity index (χ1v) is 9.06. The number of methoxy groups -OCH3 is 1. The van der Waals surface area contributed by atoms with Gasteiger partial charge in [0.15, 0.2) is 0 Å². The fraction of sp³-hybridized carbons (Fsp3) is 0.286. The second-order valence-corrected chi connectivity index (χ2v) is 7.23. The first kappa shape index (κ1) is 18.2. The highest BCUT2D eigenvalue weighted by atomic mass is 32.2. The van der Waals surface area contributed by atoms with Gasteiger partial charge >= 0.3 is 5.97 Å². The molecule has 0 spiro atoms. The molecule has 2 rings (SSSR count). The number of rotatable bonds is 8. The van der Waals surface area contributed by atoms with Crippen LogP contribution in [0.4, 0.5) is 5.13 Å². The van der Waals surface area contributed by atoms with E-state index in [2.05, 4.69) is 15.5 Å². The van der Waals surface area contributed by atoms with Crippen molar-refractivity contribution >= 4 is 39.1 Å². The molecule has 0 aliphatic rings. The molecule has 1 atom stereocenters. The number of hydrogen-bond acceptors (Lipinski definition) is 7. The quantitative estimate of drug-likeness (QED) is 0.719. The van der Waals surface area contributed by atoms with Crippen molar-refractivity contribution in [2.24, 2.45) is 0 Å². The summed E-state index contributed by atoms with van der Waals surface area (Å²) in [4.78, 5) is 22.6. The second kappa shape index (κ2) is 8.62. The summed E-state index contributed by atoms with van der Waals surface area (Å²) in [5, 5.41) is 20.0. The summed E-state index contributed by atoms with van der Waals surface area (Å²) in [6.07, 6.45) is 0. The number of carboxylic acid groups (broad SMARTS) is 1. The number of anilines is 1. The maximum atomic E-state index is 12.0. The van der Waals surface area contributed by atoms with E-state index in [1.54, 1.807) is 12.1 Å². The van der Waals surface area contributed by atoms with Gasteiger partial charge in [-0.15, -0.1) is 10.2 Å². The van der Waals surface area contributed by atoms with Crippen LogP contribution in [-0.4, -0.2) is 44.3 Å². The Kier molecular flexibility index (Phi) is 6.53. The average Bonchev–Trinajstić information content (AvgIpc) is 2.95. The van der Waals surface area contributed by atoms with Gasteiger partial charge in [-0.1, -0.05) is 23.5 Å². The van der Waals surface area contributed by atoms with Gasteiger partial charge in [-0.25, -0.2) is 4.79 Å². The van der Waals surface area contributed by atoms with Crippen LogP contribution >= 0.6 is 11.3 Å². The van der Waals surface area contributed by atoms with Gasteiger partial charge in [0.2, 0.25) is 11.0 Å². The molecule has 1 heterocycles. The van der Waals surface area contributed by atoms with Gasteiger partial charge in [-0.05, 0) is 17.7 Å². The number of benzene rings is 1. The molecule has 10 heteroatoms. The monoisotopic (exact) mass is 369 g/mol. The van der Waals surface area contributed by atoms with E-state index < -0.39 is 22.7 Å². The van der Waals surface area contributed by atoms with E-state index in [4.69, 9.17) is 9.84 Å². The molecule has 2 N–H and O–H groups in total. The summed E-state index contributed by atoms with van der Waals surface area (Å²) in [7, 11) is 0.117. The summed E-state index contributed by atoms with van der Waals surface area (Å²) in [5.74, 6) is -1.46. The zero-order chi connectivity index (χ0) is 17.5. The number of amides is 1. The number of carboxylic acids is 1. The van der Waals surface area contributed by atoms with Crippen molar-refractivity contribution in [1.82, 2.24) is 10.2 Å². The third-order valence-corrected chi connectivity index (χ3v) is 4.85. The molecule has 0 fully saturated rings. The molecule has 1 aromatic carbocycles. The number of nitrogens with one attached hydrogen (secondary N) is 1. The van der Waals surface area contributed by atoms with Crippen LogP contribution < -0.4 is 5.32 Å². The first-order valence-electron chi connectivity index (χ1n) is 6.76. The minimum atomic E-state index is -1.42. The number of ether oxygens (including phenoxy) is 1. The van der Waals surface area contributed by atoms with Crippen molar-refractivity contribution in [3.05, 3.63) is 40.4 Å². The number of carbonyl (C=O) groups is 2. The Balaban J connectivity index is 1.84. The van der Waals surface area contributed by atoms with Crippen LogP contribution in [0.3, 0.4) is 0 Å². The highest BCUT2D eigenvalue weighted by Crippen LogP contribution is 2.15. The Morgan fingerprint density at radius 1 is 1.29 bits per heavy atom. The Labute approximate surface area is 144 Å². The standard InChI is InChI=1S/C14H15N3O5S2/c1-22-6-12-16-17-14(23-12)15-11(18)8-24(21)7-9-2-4-10(5-3-9)13(19)20/h2-5H,6-8H2,1H3,(H,19,20)(H,15,17,18). The molecule has 0 saturated carbocycles. The average molecular weight is 369 g/mol. The van der Waals surface area contributed by atoms with E-state index in [0.717, 1.165) is 0 Å². The minimum absolute atomic E-state index is 0.158. The molecule has 128 valence electrons. The topological polar surface area (TPSA) is 118 Å². The molecule has 2 aromatic rings. The SMILES string of the molecule is COCc1nnc(NC(=O)CS(=O)Cc2ccc(C(=O)O)cc2)s1. The van der Waals surface area contributed by atoms with E-state index in [-0.39, 0.29) is 17.1 Å². The van der Waals surface area contributed by atoms with Gasteiger partial charge in [0.25, 0.3) is 0 Å². The van der Waals surface area contributed by atoms with Crippen LogP contribution in [0.15, 0.2) is 24.3 Å². The van der Waals surface area contributed by atoms with Crippen LogP contribution in [0.1, 0.15) is 20.9 Å². The van der Waals surface area contributed by atoms with Gasteiger partial charge in [-0.2, -0.15) is 0 Å². The van der Waals surface area contributed by atoms with E-state index in [0.29, 0.717) is 22.3 Å². The number of hydrogen-bond donors (Lipinski definition) is 2. The molecule has 0 saturated heterocycles. The summed E-state index contributed by atoms with van der Waals surface area (Å²) in [6, 6.07) is 6.04. The molecule has 1 amide bonds. The molecule has 24 heavy (non-hydrogen) atoms. The molecule has 1 unspecified atom stereocenters. The number of aromatic nitrogens is 2. The van der Waals surface area contributed by atoms with E-state index in [1.807, 2.05) is 0 Å². The Morgan fingerprint density at radius 2 is 2.00 bits per heavy atom. The Hall–Kier alpha value is -2.17. The zero-order valence-corrected chi connectivity index (χ0v) is 14.4. The van der Waals surface area contributed by atoms with E-state index in [1.165, 1.54) is 30.6 Å². The summed E-state index contributed by atoms with van der Waals surface area (Å²) >= 11 is 1.19. The molecule has 8 nitrogen and oxygen atoms in total. The third kappa shape index (κ3) is 5.48. The van der Waals surface area contributed by atoms with Crippen LogP contribution in [-0.2, 0) is 32.7 Å². The van der Waals surface area contributed by atoms with Crippen molar-refractivity contribution in [3.63, 3.8) is 0 Å².